The summed E-state index contributed by atoms with van der Waals surface area (Å²) in [5.41, 5.74) is 0.291. The number of aliphatic hydroxyl groups excluding tert-OH is 1. The summed E-state index contributed by atoms with van der Waals surface area (Å²) in [5.74, 6) is 2.13. The highest BCUT2D eigenvalue weighted by molar-refractivity contribution is 5.79. The summed E-state index contributed by atoms with van der Waals surface area (Å²) in [6.45, 7) is 8.05. The van der Waals surface area contributed by atoms with Crippen molar-refractivity contribution in [2.75, 3.05) is 0 Å². The first-order valence-corrected chi connectivity index (χ1v) is 11.0. The molecule has 0 aromatic carbocycles. The molecule has 4 nitrogen and oxygen atoms in total. The molecule has 0 amide bonds. The van der Waals surface area contributed by atoms with Crippen molar-refractivity contribution in [3.05, 3.63) is 0 Å². The maximum atomic E-state index is 12.3. The molecule has 0 unspecified atom stereocenters. The number of fused-ring (bicyclic) bond motifs is 5. The maximum absolute atomic E-state index is 12.3. The molecule has 9 atom stereocenters. The van der Waals surface area contributed by atoms with Crippen molar-refractivity contribution < 1.29 is 19.4 Å². The number of Topliss-reactive ketones (excluding diaryl/α,β-unsaturated/α-hetero) is 1. The van der Waals surface area contributed by atoms with Gasteiger partial charge in [-0.3, -0.25) is 9.59 Å². The third kappa shape index (κ3) is 2.89. The van der Waals surface area contributed by atoms with Gasteiger partial charge < -0.3 is 9.84 Å². The minimum Gasteiger partial charge on any atom is -0.462 e. The second-order valence-corrected chi connectivity index (χ2v) is 10.6. The van der Waals surface area contributed by atoms with Gasteiger partial charge in [0.15, 0.2) is 0 Å². The highest BCUT2D eigenvalue weighted by Gasteiger charge is 2.63. The molecule has 0 aromatic heterocycles. The van der Waals surface area contributed by atoms with Crippen LogP contribution in [-0.4, -0.2) is 29.1 Å². The predicted octanol–water partition coefficient (Wildman–Crippen LogP) is 4.14. The third-order valence-electron chi connectivity index (χ3n) is 9.44. The number of ether oxygens (including phenoxy) is 1. The van der Waals surface area contributed by atoms with Crippen LogP contribution in [-0.2, 0) is 14.3 Å². The van der Waals surface area contributed by atoms with Crippen LogP contribution in [0.1, 0.15) is 79.1 Å². The van der Waals surface area contributed by atoms with Gasteiger partial charge in [-0.1, -0.05) is 13.8 Å². The van der Waals surface area contributed by atoms with Crippen LogP contribution in [0, 0.1) is 40.4 Å². The Morgan fingerprint density at radius 2 is 1.59 bits per heavy atom. The summed E-state index contributed by atoms with van der Waals surface area (Å²) >= 11 is 0. The minimum atomic E-state index is -0.208. The van der Waals surface area contributed by atoms with E-state index in [1.807, 2.05) is 0 Å². The molecular weight excluding hydrogens is 340 g/mol. The fourth-order valence-corrected chi connectivity index (χ4v) is 8.18. The van der Waals surface area contributed by atoms with Crippen LogP contribution in [0.2, 0.25) is 0 Å². The SMILES string of the molecule is CC(=O)O[C@@H]1C[C@@H]2C[C@H](O)CC[C@]2(C)[C@H]2CC[C@]3(C)[C@@H](C(C)=O)CC[C@H]3[C@H]12. The maximum Gasteiger partial charge on any atom is 0.302 e. The lowest BCUT2D eigenvalue weighted by atomic mass is 9.44. The van der Waals surface area contributed by atoms with Crippen molar-refractivity contribution in [2.45, 2.75) is 91.3 Å². The van der Waals surface area contributed by atoms with Crippen molar-refractivity contribution in [1.29, 1.82) is 0 Å². The Balaban J connectivity index is 1.71. The van der Waals surface area contributed by atoms with E-state index in [1.54, 1.807) is 6.92 Å². The van der Waals surface area contributed by atoms with Crippen molar-refractivity contribution >= 4 is 11.8 Å². The van der Waals surface area contributed by atoms with E-state index in [1.165, 1.54) is 6.92 Å². The molecule has 152 valence electrons. The highest BCUT2D eigenvalue weighted by Crippen LogP contribution is 2.67. The molecule has 4 heteroatoms. The summed E-state index contributed by atoms with van der Waals surface area (Å²) in [6, 6.07) is 0. The lowest BCUT2D eigenvalue weighted by Gasteiger charge is -2.62. The number of hydrogen-bond acceptors (Lipinski definition) is 4. The molecule has 4 rings (SSSR count). The Morgan fingerprint density at radius 1 is 0.926 bits per heavy atom. The van der Waals surface area contributed by atoms with Crippen LogP contribution in [0.15, 0.2) is 0 Å². The van der Waals surface area contributed by atoms with E-state index in [0.29, 0.717) is 29.5 Å². The summed E-state index contributed by atoms with van der Waals surface area (Å²) in [4.78, 5) is 24.2. The lowest BCUT2D eigenvalue weighted by molar-refractivity contribution is -0.193. The zero-order chi connectivity index (χ0) is 19.6. The van der Waals surface area contributed by atoms with Gasteiger partial charge in [0.05, 0.1) is 6.10 Å². The monoisotopic (exact) mass is 376 g/mol. The zero-order valence-electron chi connectivity index (χ0n) is 17.4. The van der Waals surface area contributed by atoms with Gasteiger partial charge in [0.2, 0.25) is 0 Å². The van der Waals surface area contributed by atoms with Crippen LogP contribution in [0.25, 0.3) is 0 Å². The normalized spacial score (nSPS) is 51.7. The Labute approximate surface area is 163 Å². The zero-order valence-corrected chi connectivity index (χ0v) is 17.4. The van der Waals surface area contributed by atoms with E-state index < -0.39 is 0 Å². The standard InChI is InChI=1S/C23H36O4/c1-13(24)17-5-6-18-21-19(8-10-23(17,18)4)22(3)9-7-16(26)11-15(22)12-20(21)27-14(2)25/h15-21,26H,5-12H2,1-4H3/t15-,16+,17+,18-,19-,20+,21-,22-,23+/m0/s1. The Hall–Kier alpha value is -0.900. The van der Waals surface area contributed by atoms with Crippen molar-refractivity contribution in [2.24, 2.45) is 40.4 Å². The van der Waals surface area contributed by atoms with Crippen LogP contribution >= 0.6 is 0 Å². The van der Waals surface area contributed by atoms with E-state index in [2.05, 4.69) is 13.8 Å². The molecule has 0 heterocycles. The van der Waals surface area contributed by atoms with Gasteiger partial charge in [-0.2, -0.15) is 0 Å². The van der Waals surface area contributed by atoms with Crippen LogP contribution in [0.5, 0.6) is 0 Å². The van der Waals surface area contributed by atoms with Crippen LogP contribution < -0.4 is 0 Å². The molecule has 27 heavy (non-hydrogen) atoms. The number of rotatable bonds is 2. The van der Waals surface area contributed by atoms with Gasteiger partial charge >= 0.3 is 5.97 Å². The first kappa shape index (κ1) is 19.4. The first-order chi connectivity index (χ1) is 12.7. The fraction of sp³-hybridized carbons (Fsp3) is 0.913. The Morgan fingerprint density at radius 3 is 2.26 bits per heavy atom. The molecule has 4 aliphatic carbocycles. The van der Waals surface area contributed by atoms with E-state index in [9.17, 15) is 14.7 Å². The van der Waals surface area contributed by atoms with Crippen LogP contribution in [0.4, 0.5) is 0 Å². The minimum absolute atomic E-state index is 0.0498. The van der Waals surface area contributed by atoms with Gasteiger partial charge in [-0.25, -0.2) is 0 Å². The first-order valence-electron chi connectivity index (χ1n) is 11.0. The molecule has 0 radical (unpaired) electrons. The Kier molecular flexibility index (Phi) is 4.73. The molecule has 1 N–H and O–H groups in total. The summed E-state index contributed by atoms with van der Waals surface area (Å²) in [7, 11) is 0. The quantitative estimate of drug-likeness (QED) is 0.736. The highest BCUT2D eigenvalue weighted by atomic mass is 16.5. The summed E-state index contributed by atoms with van der Waals surface area (Å²) < 4.78 is 5.93. The number of ketones is 1. The fourth-order valence-electron chi connectivity index (χ4n) is 8.18. The van der Waals surface area contributed by atoms with Crippen molar-refractivity contribution in [3.63, 3.8) is 0 Å². The molecule has 4 fully saturated rings. The second-order valence-electron chi connectivity index (χ2n) is 10.6. The summed E-state index contributed by atoms with van der Waals surface area (Å²) in [6.07, 6.45) is 7.75. The number of carbonyl (C=O) groups excluding carboxylic acids is 2. The van der Waals surface area contributed by atoms with E-state index in [4.69, 9.17) is 4.74 Å². The van der Waals surface area contributed by atoms with Gasteiger partial charge in [-0.05, 0) is 86.9 Å². The van der Waals surface area contributed by atoms with Gasteiger partial charge in [0.1, 0.15) is 11.9 Å². The molecule has 0 saturated heterocycles. The number of hydrogen-bond donors (Lipinski definition) is 1. The van der Waals surface area contributed by atoms with Crippen molar-refractivity contribution in [1.82, 2.24) is 0 Å². The average Bonchev–Trinajstić information content (AvgIpc) is 2.93. The number of esters is 1. The number of aliphatic hydroxyl groups is 1. The second kappa shape index (κ2) is 6.57. The van der Waals surface area contributed by atoms with Gasteiger partial charge in [-0.15, -0.1) is 0 Å². The van der Waals surface area contributed by atoms with E-state index in [-0.39, 0.29) is 34.9 Å². The molecule has 4 aliphatic rings. The van der Waals surface area contributed by atoms with E-state index >= 15 is 0 Å². The van der Waals surface area contributed by atoms with Gasteiger partial charge in [0.25, 0.3) is 0 Å². The number of carbonyl (C=O) groups is 2. The summed E-state index contributed by atoms with van der Waals surface area (Å²) in [5, 5.41) is 10.3. The lowest BCUT2D eigenvalue weighted by Crippen LogP contribution is -2.59. The van der Waals surface area contributed by atoms with Crippen LogP contribution in [0.3, 0.4) is 0 Å². The predicted molar refractivity (Wildman–Crippen MR) is 103 cm³/mol. The molecule has 0 spiro atoms. The third-order valence-corrected chi connectivity index (χ3v) is 9.44. The molecular formula is C23H36O4. The molecule has 4 saturated carbocycles. The Bertz CT molecular complexity index is 630. The molecule has 0 bridgehead atoms. The molecule has 0 aliphatic heterocycles. The average molecular weight is 377 g/mol. The molecule has 0 aromatic rings. The smallest absolute Gasteiger partial charge is 0.302 e. The topological polar surface area (TPSA) is 63.6 Å². The largest absolute Gasteiger partial charge is 0.462 e. The van der Waals surface area contributed by atoms with Gasteiger partial charge in [0, 0.05) is 18.8 Å². The van der Waals surface area contributed by atoms with E-state index in [0.717, 1.165) is 51.4 Å². The van der Waals surface area contributed by atoms with Crippen molar-refractivity contribution in [3.8, 4) is 0 Å².